The summed E-state index contributed by atoms with van der Waals surface area (Å²) in [5.74, 6) is 2.27. The highest BCUT2D eigenvalue weighted by atomic mass is 15.2. The Balaban J connectivity index is 2.27. The SMILES string of the molecule is CC(C)c1nc(C2(C)CCCCC2N)n[nH]1. The molecule has 1 fully saturated rings. The summed E-state index contributed by atoms with van der Waals surface area (Å²) in [5, 5.41) is 7.40. The fraction of sp³-hybridized carbons (Fsp3) is 0.833. The summed E-state index contributed by atoms with van der Waals surface area (Å²) < 4.78 is 0. The molecule has 4 nitrogen and oxygen atoms in total. The van der Waals surface area contributed by atoms with Gasteiger partial charge in [-0.3, -0.25) is 5.10 Å². The van der Waals surface area contributed by atoms with Gasteiger partial charge in [0.2, 0.25) is 0 Å². The van der Waals surface area contributed by atoms with Crippen molar-refractivity contribution in [3.05, 3.63) is 11.6 Å². The average Bonchev–Trinajstić information content (AvgIpc) is 2.72. The lowest BCUT2D eigenvalue weighted by Crippen LogP contribution is -2.46. The molecule has 1 saturated carbocycles. The van der Waals surface area contributed by atoms with Gasteiger partial charge in [0.05, 0.1) is 0 Å². The molecule has 0 bridgehead atoms. The zero-order chi connectivity index (χ0) is 11.8. The summed E-state index contributed by atoms with van der Waals surface area (Å²) in [4.78, 5) is 4.61. The van der Waals surface area contributed by atoms with Gasteiger partial charge in [-0.05, 0) is 12.8 Å². The molecular formula is C12H22N4. The first-order valence-electron chi connectivity index (χ1n) is 6.22. The summed E-state index contributed by atoms with van der Waals surface area (Å²) in [6.07, 6.45) is 4.65. The molecule has 0 aromatic carbocycles. The first-order valence-corrected chi connectivity index (χ1v) is 6.22. The van der Waals surface area contributed by atoms with Gasteiger partial charge in [0.1, 0.15) is 5.82 Å². The monoisotopic (exact) mass is 222 g/mol. The quantitative estimate of drug-likeness (QED) is 0.805. The van der Waals surface area contributed by atoms with Gasteiger partial charge in [-0.25, -0.2) is 4.98 Å². The van der Waals surface area contributed by atoms with Crippen molar-refractivity contribution in [2.75, 3.05) is 0 Å². The lowest BCUT2D eigenvalue weighted by molar-refractivity contribution is 0.259. The predicted octanol–water partition coefficient (Wildman–Crippen LogP) is 2.09. The zero-order valence-corrected chi connectivity index (χ0v) is 10.5. The molecule has 1 aromatic rings. The van der Waals surface area contributed by atoms with Gasteiger partial charge < -0.3 is 5.73 Å². The number of rotatable bonds is 2. The van der Waals surface area contributed by atoms with Crippen molar-refractivity contribution in [1.29, 1.82) is 0 Å². The van der Waals surface area contributed by atoms with Crippen LogP contribution in [-0.2, 0) is 5.41 Å². The smallest absolute Gasteiger partial charge is 0.158 e. The van der Waals surface area contributed by atoms with E-state index in [1.165, 1.54) is 12.8 Å². The molecule has 3 N–H and O–H groups in total. The van der Waals surface area contributed by atoms with Crippen molar-refractivity contribution in [3.63, 3.8) is 0 Å². The summed E-state index contributed by atoms with van der Waals surface area (Å²) >= 11 is 0. The molecule has 1 aromatic heterocycles. The van der Waals surface area contributed by atoms with E-state index < -0.39 is 0 Å². The maximum atomic E-state index is 6.24. The number of nitrogens with two attached hydrogens (primary N) is 1. The third-order valence-corrected chi connectivity index (χ3v) is 3.84. The Morgan fingerprint density at radius 3 is 2.75 bits per heavy atom. The molecule has 1 aliphatic carbocycles. The molecule has 90 valence electrons. The molecule has 0 amide bonds. The van der Waals surface area contributed by atoms with Crippen LogP contribution in [0.15, 0.2) is 0 Å². The number of aromatic amines is 1. The number of nitrogens with zero attached hydrogens (tertiary/aromatic N) is 2. The van der Waals surface area contributed by atoms with Crippen LogP contribution in [-0.4, -0.2) is 21.2 Å². The highest BCUT2D eigenvalue weighted by molar-refractivity contribution is 5.13. The van der Waals surface area contributed by atoms with Gasteiger partial charge in [-0.2, -0.15) is 5.10 Å². The fourth-order valence-electron chi connectivity index (χ4n) is 2.43. The van der Waals surface area contributed by atoms with E-state index in [4.69, 9.17) is 5.73 Å². The number of hydrogen-bond donors (Lipinski definition) is 2. The second-order valence-corrected chi connectivity index (χ2v) is 5.47. The largest absolute Gasteiger partial charge is 0.327 e. The van der Waals surface area contributed by atoms with Gasteiger partial charge in [-0.1, -0.05) is 33.6 Å². The Bertz CT molecular complexity index is 358. The topological polar surface area (TPSA) is 67.6 Å². The highest BCUT2D eigenvalue weighted by Crippen LogP contribution is 2.36. The van der Waals surface area contributed by atoms with E-state index >= 15 is 0 Å². The minimum Gasteiger partial charge on any atom is -0.327 e. The van der Waals surface area contributed by atoms with Crippen LogP contribution in [0.5, 0.6) is 0 Å². The predicted molar refractivity (Wildman–Crippen MR) is 64.3 cm³/mol. The minimum absolute atomic E-state index is 0.0398. The van der Waals surface area contributed by atoms with Crippen LogP contribution in [0, 0.1) is 0 Å². The van der Waals surface area contributed by atoms with E-state index in [2.05, 4.69) is 36.0 Å². The van der Waals surface area contributed by atoms with Crippen molar-refractivity contribution < 1.29 is 0 Å². The van der Waals surface area contributed by atoms with E-state index in [1.807, 2.05) is 0 Å². The molecule has 16 heavy (non-hydrogen) atoms. The van der Waals surface area contributed by atoms with E-state index in [0.717, 1.165) is 24.5 Å². The summed E-state index contributed by atoms with van der Waals surface area (Å²) in [6, 6.07) is 0.192. The first-order chi connectivity index (χ1) is 7.54. The number of nitrogens with one attached hydrogen (secondary N) is 1. The second-order valence-electron chi connectivity index (χ2n) is 5.47. The maximum absolute atomic E-state index is 6.24. The summed E-state index contributed by atoms with van der Waals surface area (Å²) in [7, 11) is 0. The fourth-order valence-corrected chi connectivity index (χ4v) is 2.43. The third kappa shape index (κ3) is 1.86. The molecule has 2 unspecified atom stereocenters. The van der Waals surface area contributed by atoms with Crippen LogP contribution in [0.25, 0.3) is 0 Å². The summed E-state index contributed by atoms with van der Waals surface area (Å²) in [6.45, 7) is 6.44. The van der Waals surface area contributed by atoms with Gasteiger partial charge in [0.25, 0.3) is 0 Å². The Kier molecular flexibility index (Phi) is 3.02. The molecule has 0 spiro atoms. The highest BCUT2D eigenvalue weighted by Gasteiger charge is 2.39. The van der Waals surface area contributed by atoms with Crippen LogP contribution >= 0.6 is 0 Å². The first kappa shape index (κ1) is 11.6. The molecule has 0 saturated heterocycles. The lowest BCUT2D eigenvalue weighted by Gasteiger charge is -2.36. The van der Waals surface area contributed by atoms with Crippen molar-refractivity contribution in [1.82, 2.24) is 15.2 Å². The van der Waals surface area contributed by atoms with Crippen LogP contribution in [0.2, 0.25) is 0 Å². The standard InChI is InChI=1S/C12H22N4/c1-8(2)10-14-11(16-15-10)12(3)7-5-4-6-9(12)13/h8-9H,4-7,13H2,1-3H3,(H,14,15,16). The second kappa shape index (κ2) is 4.17. The normalized spacial score (nSPS) is 30.9. The van der Waals surface area contributed by atoms with Crippen LogP contribution in [0.3, 0.4) is 0 Å². The van der Waals surface area contributed by atoms with Crippen molar-refractivity contribution >= 4 is 0 Å². The van der Waals surface area contributed by atoms with Gasteiger partial charge in [-0.15, -0.1) is 0 Å². The molecule has 0 aliphatic heterocycles. The van der Waals surface area contributed by atoms with E-state index in [1.54, 1.807) is 0 Å². The van der Waals surface area contributed by atoms with E-state index in [-0.39, 0.29) is 11.5 Å². The number of H-pyrrole nitrogens is 1. The van der Waals surface area contributed by atoms with Crippen LogP contribution in [0.1, 0.15) is 64.0 Å². The van der Waals surface area contributed by atoms with Gasteiger partial charge in [0.15, 0.2) is 5.82 Å². The van der Waals surface area contributed by atoms with Crippen LogP contribution in [0.4, 0.5) is 0 Å². The minimum atomic E-state index is -0.0398. The molecule has 2 atom stereocenters. The third-order valence-electron chi connectivity index (χ3n) is 3.84. The Hall–Kier alpha value is -0.900. The maximum Gasteiger partial charge on any atom is 0.158 e. The van der Waals surface area contributed by atoms with Crippen molar-refractivity contribution in [2.24, 2.45) is 5.73 Å². The Morgan fingerprint density at radius 1 is 1.44 bits per heavy atom. The molecule has 0 radical (unpaired) electrons. The van der Waals surface area contributed by atoms with E-state index in [0.29, 0.717) is 5.92 Å². The Morgan fingerprint density at radius 2 is 2.19 bits per heavy atom. The van der Waals surface area contributed by atoms with Crippen molar-refractivity contribution in [3.8, 4) is 0 Å². The average molecular weight is 222 g/mol. The molecule has 1 aliphatic rings. The van der Waals surface area contributed by atoms with E-state index in [9.17, 15) is 0 Å². The number of hydrogen-bond acceptors (Lipinski definition) is 3. The molecule has 2 rings (SSSR count). The molecule has 1 heterocycles. The lowest BCUT2D eigenvalue weighted by atomic mass is 9.71. The van der Waals surface area contributed by atoms with Gasteiger partial charge >= 0.3 is 0 Å². The zero-order valence-electron chi connectivity index (χ0n) is 10.5. The molecule has 4 heteroatoms. The van der Waals surface area contributed by atoms with Crippen LogP contribution < -0.4 is 5.73 Å². The molecular weight excluding hydrogens is 200 g/mol. The number of aromatic nitrogens is 3. The van der Waals surface area contributed by atoms with Gasteiger partial charge in [0, 0.05) is 17.4 Å². The summed E-state index contributed by atoms with van der Waals surface area (Å²) in [5.41, 5.74) is 6.20. The Labute approximate surface area is 97.0 Å². The van der Waals surface area contributed by atoms with Crippen molar-refractivity contribution in [2.45, 2.75) is 63.8 Å².